The van der Waals surface area contributed by atoms with Crippen LogP contribution in [0, 0.1) is 0 Å². The number of carbonyl (C=O) groups excluding carboxylic acids is 2. The van der Waals surface area contributed by atoms with Crippen molar-refractivity contribution >= 4 is 17.4 Å². The van der Waals surface area contributed by atoms with Crippen molar-refractivity contribution in [2.45, 2.75) is 38.3 Å². The Hall–Kier alpha value is -3.67. The van der Waals surface area contributed by atoms with Crippen molar-refractivity contribution in [1.29, 1.82) is 0 Å². The minimum absolute atomic E-state index is 0.0611. The Morgan fingerprint density at radius 3 is 2.65 bits per heavy atom. The molecule has 3 heterocycles. The van der Waals surface area contributed by atoms with Crippen LogP contribution in [0.5, 0.6) is 0 Å². The van der Waals surface area contributed by atoms with E-state index in [0.717, 1.165) is 25.7 Å². The van der Waals surface area contributed by atoms with Gasteiger partial charge in [-0.05, 0) is 67.1 Å². The molecule has 1 N–H and O–H groups in total. The molecule has 31 heavy (non-hydrogen) atoms. The van der Waals surface area contributed by atoms with Gasteiger partial charge in [0, 0.05) is 11.8 Å². The van der Waals surface area contributed by atoms with Crippen LogP contribution in [-0.2, 0) is 29.0 Å². The maximum atomic E-state index is 13.1. The summed E-state index contributed by atoms with van der Waals surface area (Å²) in [4.78, 5) is 31.8. The number of ketones is 1. The third-order valence-corrected chi connectivity index (χ3v) is 6.04. The van der Waals surface area contributed by atoms with Crippen LogP contribution in [0.2, 0.25) is 0 Å². The zero-order chi connectivity index (χ0) is 21.4. The zero-order valence-electron chi connectivity index (χ0n) is 17.0. The van der Waals surface area contributed by atoms with Gasteiger partial charge in [0.2, 0.25) is 0 Å². The highest BCUT2D eigenvalue weighted by molar-refractivity contribution is 6.46. The molecule has 1 fully saturated rings. The van der Waals surface area contributed by atoms with Gasteiger partial charge in [-0.15, -0.1) is 0 Å². The molecule has 1 unspecified atom stereocenters. The summed E-state index contributed by atoms with van der Waals surface area (Å²) in [5.41, 5.74) is 3.60. The van der Waals surface area contributed by atoms with Crippen molar-refractivity contribution < 1.29 is 19.1 Å². The lowest BCUT2D eigenvalue weighted by atomic mass is 9.89. The monoisotopic (exact) mass is 414 g/mol. The molecule has 2 aliphatic rings. The molecule has 0 saturated carbocycles. The van der Waals surface area contributed by atoms with Crippen LogP contribution >= 0.6 is 0 Å². The Bertz CT molecular complexity index is 1170. The van der Waals surface area contributed by atoms with Crippen LogP contribution in [0.3, 0.4) is 0 Å². The van der Waals surface area contributed by atoms with E-state index in [1.54, 1.807) is 36.5 Å². The summed E-state index contributed by atoms with van der Waals surface area (Å²) in [6, 6.07) is 13.8. The van der Waals surface area contributed by atoms with E-state index >= 15 is 0 Å². The van der Waals surface area contributed by atoms with E-state index in [0.29, 0.717) is 17.0 Å². The van der Waals surface area contributed by atoms with Gasteiger partial charge in [0.25, 0.3) is 11.7 Å². The molecule has 0 spiro atoms. The Morgan fingerprint density at radius 1 is 1.06 bits per heavy atom. The normalized spacial score (nSPS) is 20.1. The summed E-state index contributed by atoms with van der Waals surface area (Å²) in [6.07, 6.45) is 7.38. The van der Waals surface area contributed by atoms with Crippen molar-refractivity contribution in [2.75, 3.05) is 0 Å². The van der Waals surface area contributed by atoms with Gasteiger partial charge in [0.1, 0.15) is 17.6 Å². The maximum absolute atomic E-state index is 13.1. The molecule has 156 valence electrons. The number of aliphatic hydroxyl groups is 1. The van der Waals surface area contributed by atoms with Crippen LogP contribution in [-0.4, -0.2) is 26.7 Å². The molecule has 5 rings (SSSR count). The van der Waals surface area contributed by atoms with E-state index in [1.807, 2.05) is 18.2 Å². The highest BCUT2D eigenvalue weighted by atomic mass is 16.3. The molecule has 1 saturated heterocycles. The van der Waals surface area contributed by atoms with Gasteiger partial charge in [0.05, 0.1) is 24.1 Å². The van der Waals surface area contributed by atoms with Gasteiger partial charge in [-0.1, -0.05) is 18.2 Å². The van der Waals surface area contributed by atoms with E-state index in [2.05, 4.69) is 4.98 Å². The second kappa shape index (κ2) is 7.87. The van der Waals surface area contributed by atoms with Crippen molar-refractivity contribution in [3.8, 4) is 0 Å². The topological polar surface area (TPSA) is 83.6 Å². The molecule has 1 aliphatic carbocycles. The van der Waals surface area contributed by atoms with Crippen LogP contribution < -0.4 is 0 Å². The Balaban J connectivity index is 1.63. The molecule has 0 bridgehead atoms. The number of nitrogens with zero attached hydrogens (tertiary/aromatic N) is 2. The predicted molar refractivity (Wildman–Crippen MR) is 114 cm³/mol. The highest BCUT2D eigenvalue weighted by Gasteiger charge is 2.47. The molecule has 1 aromatic carbocycles. The number of rotatable bonds is 4. The standard InChI is InChI=1S/C25H22N2O4/c28-23(18-11-10-16-6-1-2-7-17(16)14-18)21-22(20-9-3-4-12-26-20)27(25(30)24(21)29)15-19-8-5-13-31-19/h3-5,8-14,22,28H,1-2,6-7,15H2/b23-21-. The fraction of sp³-hybridized carbons (Fsp3) is 0.240. The summed E-state index contributed by atoms with van der Waals surface area (Å²) < 4.78 is 5.40. The molecular weight excluding hydrogens is 392 g/mol. The number of fused-ring (bicyclic) bond motifs is 1. The van der Waals surface area contributed by atoms with E-state index in [4.69, 9.17) is 4.42 Å². The second-order valence-corrected chi connectivity index (χ2v) is 7.95. The van der Waals surface area contributed by atoms with Gasteiger partial charge >= 0.3 is 0 Å². The number of aromatic nitrogens is 1. The van der Waals surface area contributed by atoms with E-state index in [-0.39, 0.29) is 17.9 Å². The van der Waals surface area contributed by atoms with Gasteiger partial charge < -0.3 is 14.4 Å². The first-order chi connectivity index (χ1) is 15.1. The number of Topliss-reactive ketones (excluding diaryl/α,β-unsaturated/α-hetero) is 1. The molecule has 1 atom stereocenters. The van der Waals surface area contributed by atoms with Crippen LogP contribution in [0.1, 0.15) is 47.0 Å². The first-order valence-electron chi connectivity index (χ1n) is 10.5. The van der Waals surface area contributed by atoms with E-state index in [9.17, 15) is 14.7 Å². The smallest absolute Gasteiger partial charge is 0.296 e. The number of hydrogen-bond donors (Lipinski definition) is 1. The number of likely N-dealkylation sites (tertiary alicyclic amines) is 1. The Morgan fingerprint density at radius 2 is 1.90 bits per heavy atom. The van der Waals surface area contributed by atoms with Crippen molar-refractivity contribution in [3.05, 3.63) is 94.7 Å². The number of hydrogen-bond acceptors (Lipinski definition) is 5. The molecule has 3 aromatic rings. The fourth-order valence-corrected chi connectivity index (χ4v) is 4.49. The average molecular weight is 414 g/mol. The maximum Gasteiger partial charge on any atom is 0.296 e. The lowest BCUT2D eigenvalue weighted by Crippen LogP contribution is -2.29. The number of carbonyl (C=O) groups is 2. The molecule has 6 nitrogen and oxygen atoms in total. The molecule has 1 aliphatic heterocycles. The summed E-state index contributed by atoms with van der Waals surface area (Å²) in [5, 5.41) is 11.2. The minimum atomic E-state index is -0.790. The van der Waals surface area contributed by atoms with E-state index in [1.165, 1.54) is 22.3 Å². The van der Waals surface area contributed by atoms with Gasteiger partial charge in [-0.2, -0.15) is 0 Å². The van der Waals surface area contributed by atoms with Gasteiger partial charge in [0.15, 0.2) is 0 Å². The first-order valence-corrected chi connectivity index (χ1v) is 10.5. The quantitative estimate of drug-likeness (QED) is 0.393. The number of aryl methyl sites for hydroxylation is 2. The predicted octanol–water partition coefficient (Wildman–Crippen LogP) is 4.18. The van der Waals surface area contributed by atoms with Gasteiger partial charge in [-0.3, -0.25) is 14.6 Å². The summed E-state index contributed by atoms with van der Waals surface area (Å²) in [5.74, 6) is -0.995. The van der Waals surface area contributed by atoms with Gasteiger partial charge in [-0.25, -0.2) is 0 Å². The number of pyridine rings is 1. The van der Waals surface area contributed by atoms with Crippen LogP contribution in [0.25, 0.3) is 5.76 Å². The first kappa shape index (κ1) is 19.3. The lowest BCUT2D eigenvalue weighted by Gasteiger charge is -2.23. The number of aliphatic hydroxyl groups excluding tert-OH is 1. The average Bonchev–Trinajstić information content (AvgIpc) is 3.41. The van der Waals surface area contributed by atoms with Crippen molar-refractivity contribution in [2.24, 2.45) is 0 Å². The summed E-state index contributed by atoms with van der Waals surface area (Å²) in [6.45, 7) is 0.111. The SMILES string of the molecule is O=C1C(=O)N(Cc2ccco2)C(c2ccccn2)/C1=C(/O)c1ccc2c(c1)CCCC2. The Kier molecular flexibility index (Phi) is 4.90. The molecule has 1 amide bonds. The third-order valence-electron chi connectivity index (χ3n) is 6.04. The second-order valence-electron chi connectivity index (χ2n) is 7.95. The van der Waals surface area contributed by atoms with Crippen molar-refractivity contribution in [3.63, 3.8) is 0 Å². The number of benzene rings is 1. The van der Waals surface area contributed by atoms with E-state index < -0.39 is 17.7 Å². The highest BCUT2D eigenvalue weighted by Crippen LogP contribution is 2.40. The molecule has 2 aromatic heterocycles. The third kappa shape index (κ3) is 3.44. The zero-order valence-corrected chi connectivity index (χ0v) is 17.0. The lowest BCUT2D eigenvalue weighted by molar-refractivity contribution is -0.140. The molecule has 6 heteroatoms. The van der Waals surface area contributed by atoms with Crippen molar-refractivity contribution in [1.82, 2.24) is 9.88 Å². The molecule has 0 radical (unpaired) electrons. The fourth-order valence-electron chi connectivity index (χ4n) is 4.49. The summed E-state index contributed by atoms with van der Waals surface area (Å²) in [7, 11) is 0. The largest absolute Gasteiger partial charge is 0.507 e. The van der Waals surface area contributed by atoms with Crippen LogP contribution in [0.4, 0.5) is 0 Å². The van der Waals surface area contributed by atoms with Crippen LogP contribution in [0.15, 0.2) is 71.0 Å². The molecular formula is C25H22N2O4. The Labute approximate surface area is 179 Å². The minimum Gasteiger partial charge on any atom is -0.507 e. The number of amides is 1. The number of furan rings is 1. The summed E-state index contributed by atoms with van der Waals surface area (Å²) >= 11 is 0.